The van der Waals surface area contributed by atoms with E-state index >= 15 is 0 Å². The van der Waals surface area contributed by atoms with Gasteiger partial charge in [-0.2, -0.15) is 11.8 Å². The van der Waals surface area contributed by atoms with Crippen molar-refractivity contribution in [1.29, 1.82) is 0 Å². The third-order valence-electron chi connectivity index (χ3n) is 7.14. The number of fused-ring (bicyclic) bond motifs is 1. The van der Waals surface area contributed by atoms with Crippen LogP contribution in [0.5, 0.6) is 0 Å². The molecule has 0 unspecified atom stereocenters. The molecule has 5 atom stereocenters. The van der Waals surface area contributed by atoms with Crippen molar-refractivity contribution in [2.45, 2.75) is 44.8 Å². The maximum Gasteiger partial charge on any atom is 0.223 e. The van der Waals surface area contributed by atoms with Crippen molar-refractivity contribution in [2.24, 2.45) is 17.8 Å². The van der Waals surface area contributed by atoms with Gasteiger partial charge in [-0.3, -0.25) is 4.79 Å². The molecule has 2 aliphatic carbocycles. The van der Waals surface area contributed by atoms with Crippen LogP contribution < -0.4 is 0 Å². The second-order valence-corrected chi connectivity index (χ2v) is 10.8. The Morgan fingerprint density at radius 1 is 1.33 bits per heavy atom. The van der Waals surface area contributed by atoms with Crippen molar-refractivity contribution in [3.8, 4) is 0 Å². The van der Waals surface area contributed by atoms with Crippen LogP contribution in [-0.2, 0) is 16.0 Å². The smallest absolute Gasteiger partial charge is 0.223 e. The van der Waals surface area contributed by atoms with Crippen molar-refractivity contribution >= 4 is 17.7 Å². The van der Waals surface area contributed by atoms with E-state index in [1.54, 1.807) is 0 Å². The molecule has 2 N–H and O–H groups in total. The minimum Gasteiger partial charge on any atom is -0.392 e. The van der Waals surface area contributed by atoms with Crippen molar-refractivity contribution in [2.75, 3.05) is 37.8 Å². The summed E-state index contributed by atoms with van der Waals surface area (Å²) in [6.07, 6.45) is 8.43. The number of carbonyl (C=O) groups is 1. The SMILES string of the molecule is Cc1cccc(C[C@H](O)/C=C/[C@@H]2[C@H]3CC(CSCCC(=O)N4CCOCC4)=C[C@H]3C[C@H]2O)c1. The molecule has 1 aromatic carbocycles. The molecule has 180 valence electrons. The average molecular weight is 472 g/mol. The zero-order valence-electron chi connectivity index (χ0n) is 19.6. The fraction of sp³-hybridized carbons (Fsp3) is 0.593. The lowest BCUT2D eigenvalue weighted by Gasteiger charge is -2.26. The van der Waals surface area contributed by atoms with Gasteiger partial charge in [0.05, 0.1) is 25.4 Å². The molecular formula is C27H37NO4S. The van der Waals surface area contributed by atoms with Crippen LogP contribution >= 0.6 is 11.8 Å². The van der Waals surface area contributed by atoms with Crippen LogP contribution in [0.2, 0.25) is 0 Å². The van der Waals surface area contributed by atoms with Crippen LogP contribution in [-0.4, -0.2) is 71.0 Å². The van der Waals surface area contributed by atoms with Gasteiger partial charge in [0.1, 0.15) is 0 Å². The molecule has 6 heteroatoms. The quantitative estimate of drug-likeness (QED) is 0.427. The normalized spacial score (nSPS) is 28.2. The van der Waals surface area contributed by atoms with Crippen LogP contribution in [0.15, 0.2) is 48.1 Å². The second kappa shape index (κ2) is 11.7. The van der Waals surface area contributed by atoms with E-state index in [1.165, 1.54) is 11.1 Å². The molecule has 33 heavy (non-hydrogen) atoms. The predicted octanol–water partition coefficient (Wildman–Crippen LogP) is 3.38. The second-order valence-electron chi connectivity index (χ2n) is 9.68. The van der Waals surface area contributed by atoms with Crippen molar-refractivity contribution < 1.29 is 19.7 Å². The maximum absolute atomic E-state index is 12.3. The van der Waals surface area contributed by atoms with Gasteiger partial charge in [-0.25, -0.2) is 0 Å². The van der Waals surface area contributed by atoms with Gasteiger partial charge in [0.25, 0.3) is 0 Å². The van der Waals surface area contributed by atoms with Crippen LogP contribution in [0.1, 0.15) is 30.4 Å². The Balaban J connectivity index is 1.21. The molecule has 1 aliphatic heterocycles. The van der Waals surface area contributed by atoms with E-state index in [-0.39, 0.29) is 17.9 Å². The van der Waals surface area contributed by atoms with Gasteiger partial charge < -0.3 is 19.8 Å². The molecule has 4 rings (SSSR count). The first-order valence-corrected chi connectivity index (χ1v) is 13.4. The van der Waals surface area contributed by atoms with E-state index in [0.29, 0.717) is 37.9 Å². The highest BCUT2D eigenvalue weighted by molar-refractivity contribution is 7.99. The summed E-state index contributed by atoms with van der Waals surface area (Å²) in [5.41, 5.74) is 3.77. The third kappa shape index (κ3) is 6.72. The minimum atomic E-state index is -0.536. The van der Waals surface area contributed by atoms with Gasteiger partial charge in [0, 0.05) is 43.4 Å². The maximum atomic E-state index is 12.3. The van der Waals surface area contributed by atoms with E-state index in [1.807, 2.05) is 34.9 Å². The van der Waals surface area contributed by atoms with E-state index in [2.05, 4.69) is 31.2 Å². The lowest BCUT2D eigenvalue weighted by molar-refractivity contribution is -0.134. The Morgan fingerprint density at radius 3 is 2.94 bits per heavy atom. The molecule has 0 aromatic heterocycles. The van der Waals surface area contributed by atoms with E-state index in [9.17, 15) is 15.0 Å². The Kier molecular flexibility index (Phi) is 8.69. The Morgan fingerprint density at radius 2 is 2.15 bits per heavy atom. The third-order valence-corrected chi connectivity index (χ3v) is 8.21. The van der Waals surface area contributed by atoms with Gasteiger partial charge in [-0.1, -0.05) is 53.6 Å². The molecular weight excluding hydrogens is 434 g/mol. The van der Waals surface area contributed by atoms with Gasteiger partial charge in [-0.05, 0) is 37.2 Å². The van der Waals surface area contributed by atoms with Crippen LogP contribution in [0.3, 0.4) is 0 Å². The fourth-order valence-electron chi connectivity index (χ4n) is 5.45. The highest BCUT2D eigenvalue weighted by atomic mass is 32.2. The number of rotatable bonds is 9. The number of thioether (sulfide) groups is 1. The zero-order valence-corrected chi connectivity index (χ0v) is 20.4. The first-order chi connectivity index (χ1) is 16.0. The molecule has 1 heterocycles. The van der Waals surface area contributed by atoms with Gasteiger partial charge >= 0.3 is 0 Å². The summed E-state index contributed by atoms with van der Waals surface area (Å²) in [4.78, 5) is 14.2. The lowest BCUT2D eigenvalue weighted by Crippen LogP contribution is -2.40. The number of benzene rings is 1. The van der Waals surface area contributed by atoms with Crippen LogP contribution in [0.25, 0.3) is 0 Å². The summed E-state index contributed by atoms with van der Waals surface area (Å²) in [5, 5.41) is 21.1. The summed E-state index contributed by atoms with van der Waals surface area (Å²) in [6.45, 7) is 4.80. The van der Waals surface area contributed by atoms with E-state index in [0.717, 1.165) is 43.0 Å². The van der Waals surface area contributed by atoms with Crippen molar-refractivity contribution in [3.63, 3.8) is 0 Å². The summed E-state index contributed by atoms with van der Waals surface area (Å²) in [5.74, 6) is 3.00. The molecule has 1 aromatic rings. The van der Waals surface area contributed by atoms with Crippen molar-refractivity contribution in [1.82, 2.24) is 4.90 Å². The largest absolute Gasteiger partial charge is 0.392 e. The summed E-state index contributed by atoms with van der Waals surface area (Å²) >= 11 is 1.84. The molecule has 0 bridgehead atoms. The number of amides is 1. The highest BCUT2D eigenvalue weighted by Crippen LogP contribution is 2.47. The molecule has 0 spiro atoms. The predicted molar refractivity (Wildman–Crippen MR) is 133 cm³/mol. The number of aliphatic hydroxyl groups is 2. The number of ether oxygens (including phenoxy) is 1. The first-order valence-electron chi connectivity index (χ1n) is 12.2. The zero-order chi connectivity index (χ0) is 23.2. The summed E-state index contributed by atoms with van der Waals surface area (Å²) in [6, 6.07) is 8.24. The summed E-state index contributed by atoms with van der Waals surface area (Å²) < 4.78 is 5.31. The number of morpholine rings is 1. The number of hydrogen-bond donors (Lipinski definition) is 2. The monoisotopic (exact) mass is 471 g/mol. The average Bonchev–Trinajstić information content (AvgIpc) is 3.32. The van der Waals surface area contributed by atoms with Gasteiger partial charge in [0.15, 0.2) is 0 Å². The number of aryl methyl sites for hydroxylation is 1. The van der Waals surface area contributed by atoms with Crippen LogP contribution in [0, 0.1) is 24.7 Å². The van der Waals surface area contributed by atoms with E-state index < -0.39 is 6.10 Å². The Hall–Kier alpha value is -1.60. The van der Waals surface area contributed by atoms with Gasteiger partial charge in [-0.15, -0.1) is 0 Å². The number of aliphatic hydroxyl groups excluding tert-OH is 2. The molecule has 5 nitrogen and oxygen atoms in total. The molecule has 1 amide bonds. The molecule has 0 radical (unpaired) electrons. The van der Waals surface area contributed by atoms with Gasteiger partial charge in [0.2, 0.25) is 5.91 Å². The number of nitrogens with zero attached hydrogens (tertiary/aromatic N) is 1. The molecule has 1 saturated heterocycles. The molecule has 3 aliphatic rings. The number of allylic oxidation sites excluding steroid dienone is 1. The minimum absolute atomic E-state index is 0.101. The van der Waals surface area contributed by atoms with E-state index in [4.69, 9.17) is 4.74 Å². The standard InChI is InChI=1S/C27H37NO4S/c1-19-3-2-4-20(13-19)15-23(29)5-6-24-25-16-21(14-22(25)17-26(24)30)18-33-12-7-27(31)28-8-10-32-11-9-28/h2-6,13-14,22-26,29-30H,7-12,15-18H2,1H3/b6-5+/t22-,23+,24+,25-,26+/m0/s1. The lowest BCUT2D eigenvalue weighted by atomic mass is 9.89. The topological polar surface area (TPSA) is 70.0 Å². The highest BCUT2D eigenvalue weighted by Gasteiger charge is 2.43. The van der Waals surface area contributed by atoms with Crippen LogP contribution in [0.4, 0.5) is 0 Å². The molecule has 1 saturated carbocycles. The summed E-state index contributed by atoms with van der Waals surface area (Å²) in [7, 11) is 0. The Bertz CT molecular complexity index is 863. The number of hydrogen-bond acceptors (Lipinski definition) is 5. The molecule has 2 fully saturated rings. The van der Waals surface area contributed by atoms with Crippen molar-refractivity contribution in [3.05, 3.63) is 59.2 Å². The Labute approximate surface area is 201 Å². The fourth-order valence-corrected chi connectivity index (χ4v) is 6.39. The number of carbonyl (C=O) groups excluding carboxylic acids is 1. The first kappa shape index (κ1) is 24.5.